The highest BCUT2D eigenvalue weighted by molar-refractivity contribution is 9.10. The smallest absolute Gasteiger partial charge is 0.344 e. The minimum absolute atomic E-state index is 0.493. The molecule has 114 valence electrons. The van der Waals surface area contributed by atoms with Crippen molar-refractivity contribution in [3.63, 3.8) is 0 Å². The Hall–Kier alpha value is -2.28. The lowest BCUT2D eigenvalue weighted by molar-refractivity contribution is -0.119. The fraction of sp³-hybridized carbons (Fsp3) is 0.0667. The second-order valence-electron chi connectivity index (χ2n) is 4.23. The van der Waals surface area contributed by atoms with E-state index in [0.717, 1.165) is 22.7 Å². The van der Waals surface area contributed by atoms with Crippen molar-refractivity contribution >= 4 is 33.5 Å². The quantitative estimate of drug-likeness (QED) is 0.838. The first kappa shape index (κ1) is 16.1. The van der Waals surface area contributed by atoms with E-state index in [0.29, 0.717) is 5.69 Å². The molecule has 0 bridgehead atoms. The van der Waals surface area contributed by atoms with Gasteiger partial charge in [0, 0.05) is 10.2 Å². The van der Waals surface area contributed by atoms with Gasteiger partial charge in [-0.1, -0.05) is 28.1 Å². The molecule has 1 amide bonds. The molecule has 0 aliphatic rings. The zero-order valence-electron chi connectivity index (χ0n) is 11.1. The van der Waals surface area contributed by atoms with E-state index in [4.69, 9.17) is 0 Å². The van der Waals surface area contributed by atoms with E-state index in [9.17, 15) is 18.4 Å². The largest absolute Gasteiger partial charge is 0.452 e. The van der Waals surface area contributed by atoms with E-state index in [1.54, 1.807) is 24.3 Å². The van der Waals surface area contributed by atoms with E-state index in [2.05, 4.69) is 26.0 Å². The summed E-state index contributed by atoms with van der Waals surface area (Å²) < 4.78 is 32.1. The van der Waals surface area contributed by atoms with Crippen LogP contribution in [0.1, 0.15) is 10.4 Å². The number of halogens is 3. The Morgan fingerprint density at radius 2 is 1.73 bits per heavy atom. The Bertz CT molecular complexity index is 701. The molecule has 0 aliphatic heterocycles. The SMILES string of the molecule is O=C(COC(=O)c1c(F)cccc1F)Nc1cccc(Br)c1. The molecule has 1 N–H and O–H groups in total. The van der Waals surface area contributed by atoms with Gasteiger partial charge in [-0.05, 0) is 30.3 Å². The molecule has 0 fully saturated rings. The number of rotatable bonds is 4. The summed E-state index contributed by atoms with van der Waals surface area (Å²) in [7, 11) is 0. The summed E-state index contributed by atoms with van der Waals surface area (Å²) >= 11 is 3.24. The number of hydrogen-bond donors (Lipinski definition) is 1. The molecule has 0 radical (unpaired) electrons. The average molecular weight is 370 g/mol. The van der Waals surface area contributed by atoms with Crippen LogP contribution in [-0.4, -0.2) is 18.5 Å². The molecule has 0 saturated heterocycles. The molecule has 22 heavy (non-hydrogen) atoms. The number of carbonyl (C=O) groups excluding carboxylic acids is 2. The summed E-state index contributed by atoms with van der Waals surface area (Å²) in [6.07, 6.45) is 0. The third-order valence-corrected chi connectivity index (χ3v) is 3.10. The van der Waals surface area contributed by atoms with E-state index >= 15 is 0 Å². The molecule has 2 aromatic rings. The number of carbonyl (C=O) groups is 2. The Labute approximate surface area is 133 Å². The molecule has 0 heterocycles. The Balaban J connectivity index is 1.95. The molecule has 4 nitrogen and oxygen atoms in total. The van der Waals surface area contributed by atoms with E-state index < -0.39 is 35.7 Å². The summed E-state index contributed by atoms with van der Waals surface area (Å²) in [5, 5.41) is 2.49. The van der Waals surface area contributed by atoms with Gasteiger partial charge < -0.3 is 10.1 Å². The van der Waals surface area contributed by atoms with Gasteiger partial charge in [-0.2, -0.15) is 0 Å². The van der Waals surface area contributed by atoms with Crippen molar-refractivity contribution in [3.05, 3.63) is 64.1 Å². The van der Waals surface area contributed by atoms with Gasteiger partial charge in [0.1, 0.15) is 17.2 Å². The van der Waals surface area contributed by atoms with Crippen molar-refractivity contribution in [1.29, 1.82) is 0 Å². The first-order valence-corrected chi connectivity index (χ1v) is 6.93. The number of amides is 1. The minimum atomic E-state index is -1.24. The zero-order valence-corrected chi connectivity index (χ0v) is 12.7. The monoisotopic (exact) mass is 369 g/mol. The molecule has 0 aliphatic carbocycles. The maximum atomic E-state index is 13.4. The van der Waals surface area contributed by atoms with Gasteiger partial charge in [0.2, 0.25) is 0 Å². The van der Waals surface area contributed by atoms with E-state index in [-0.39, 0.29) is 0 Å². The predicted molar refractivity (Wildman–Crippen MR) is 79.4 cm³/mol. The number of ether oxygens (including phenoxy) is 1. The van der Waals surface area contributed by atoms with Gasteiger partial charge in [0.25, 0.3) is 5.91 Å². The molecule has 0 unspecified atom stereocenters. The Morgan fingerprint density at radius 1 is 1.09 bits per heavy atom. The maximum absolute atomic E-state index is 13.4. The second kappa shape index (κ2) is 7.13. The molecular formula is C15H10BrF2NO3. The van der Waals surface area contributed by atoms with Gasteiger partial charge in [0.05, 0.1) is 0 Å². The van der Waals surface area contributed by atoms with Crippen LogP contribution in [0.15, 0.2) is 46.9 Å². The highest BCUT2D eigenvalue weighted by Gasteiger charge is 2.19. The molecule has 0 spiro atoms. The Morgan fingerprint density at radius 3 is 2.36 bits per heavy atom. The number of benzene rings is 2. The lowest BCUT2D eigenvalue weighted by Gasteiger charge is -2.08. The van der Waals surface area contributed by atoms with E-state index in [1.165, 1.54) is 0 Å². The highest BCUT2D eigenvalue weighted by Crippen LogP contribution is 2.16. The van der Waals surface area contributed by atoms with Crippen LogP contribution in [0.3, 0.4) is 0 Å². The molecule has 2 aromatic carbocycles. The normalized spacial score (nSPS) is 10.1. The van der Waals surface area contributed by atoms with Crippen LogP contribution in [0.5, 0.6) is 0 Å². The zero-order chi connectivity index (χ0) is 16.1. The van der Waals surface area contributed by atoms with Crippen molar-refractivity contribution < 1.29 is 23.1 Å². The van der Waals surface area contributed by atoms with Gasteiger partial charge in [-0.3, -0.25) is 4.79 Å². The fourth-order valence-electron chi connectivity index (χ4n) is 1.66. The fourth-order valence-corrected chi connectivity index (χ4v) is 2.06. The van der Waals surface area contributed by atoms with Crippen molar-refractivity contribution in [2.24, 2.45) is 0 Å². The molecular weight excluding hydrogens is 360 g/mol. The maximum Gasteiger partial charge on any atom is 0.344 e. The van der Waals surface area contributed by atoms with Crippen molar-refractivity contribution in [2.45, 2.75) is 0 Å². The van der Waals surface area contributed by atoms with Crippen LogP contribution in [0.25, 0.3) is 0 Å². The summed E-state index contributed by atoms with van der Waals surface area (Å²) in [5.74, 6) is -3.95. The van der Waals surface area contributed by atoms with Crippen LogP contribution in [0, 0.1) is 11.6 Å². The van der Waals surface area contributed by atoms with Crippen LogP contribution in [-0.2, 0) is 9.53 Å². The standard InChI is InChI=1S/C15H10BrF2NO3/c16-9-3-1-4-10(7-9)19-13(20)8-22-15(21)14-11(17)5-2-6-12(14)18/h1-7H,8H2,(H,19,20). The van der Waals surface area contributed by atoms with Gasteiger partial charge >= 0.3 is 5.97 Å². The van der Waals surface area contributed by atoms with Crippen LogP contribution < -0.4 is 5.32 Å². The molecule has 0 saturated carbocycles. The summed E-state index contributed by atoms with van der Waals surface area (Å²) in [5.41, 5.74) is -0.328. The number of esters is 1. The number of hydrogen-bond acceptors (Lipinski definition) is 3. The summed E-state index contributed by atoms with van der Waals surface area (Å²) in [6, 6.07) is 9.76. The van der Waals surface area contributed by atoms with Crippen molar-refractivity contribution in [2.75, 3.05) is 11.9 Å². The first-order valence-electron chi connectivity index (χ1n) is 6.14. The van der Waals surface area contributed by atoms with Crippen LogP contribution >= 0.6 is 15.9 Å². The molecule has 7 heteroatoms. The third-order valence-electron chi connectivity index (χ3n) is 2.61. The topological polar surface area (TPSA) is 55.4 Å². The van der Waals surface area contributed by atoms with Gasteiger partial charge in [-0.15, -0.1) is 0 Å². The summed E-state index contributed by atoms with van der Waals surface area (Å²) in [6.45, 7) is -0.654. The highest BCUT2D eigenvalue weighted by atomic mass is 79.9. The minimum Gasteiger partial charge on any atom is -0.452 e. The molecule has 0 aromatic heterocycles. The lowest BCUT2D eigenvalue weighted by atomic mass is 10.2. The van der Waals surface area contributed by atoms with Crippen molar-refractivity contribution in [1.82, 2.24) is 0 Å². The van der Waals surface area contributed by atoms with Crippen LogP contribution in [0.2, 0.25) is 0 Å². The van der Waals surface area contributed by atoms with Gasteiger partial charge in [-0.25, -0.2) is 13.6 Å². The average Bonchev–Trinajstić information content (AvgIpc) is 2.45. The summed E-state index contributed by atoms with van der Waals surface area (Å²) in [4.78, 5) is 23.2. The van der Waals surface area contributed by atoms with Crippen LogP contribution in [0.4, 0.5) is 14.5 Å². The number of nitrogens with one attached hydrogen (secondary N) is 1. The predicted octanol–water partition coefficient (Wildman–Crippen LogP) is 3.52. The first-order chi connectivity index (χ1) is 10.5. The molecule has 0 atom stereocenters. The second-order valence-corrected chi connectivity index (χ2v) is 5.15. The Kier molecular flexibility index (Phi) is 5.21. The third kappa shape index (κ3) is 4.11. The lowest BCUT2D eigenvalue weighted by Crippen LogP contribution is -2.21. The van der Waals surface area contributed by atoms with E-state index in [1.807, 2.05) is 0 Å². The van der Waals surface area contributed by atoms with Crippen molar-refractivity contribution in [3.8, 4) is 0 Å². The van der Waals surface area contributed by atoms with Gasteiger partial charge in [0.15, 0.2) is 6.61 Å². The number of anilines is 1. The molecule has 2 rings (SSSR count).